The molecule has 1 rings (SSSR count). The van der Waals surface area contributed by atoms with Gasteiger partial charge in [0.1, 0.15) is 0 Å². The quantitative estimate of drug-likeness (QED) is 0.472. The molecule has 0 spiro atoms. The molecule has 0 unspecified atom stereocenters. The molecule has 0 aliphatic heterocycles. The molecule has 0 atom stereocenters. The molecule has 1 aromatic rings. The molecule has 0 fully saturated rings. The van der Waals surface area contributed by atoms with E-state index in [-0.39, 0.29) is 23.9 Å². The van der Waals surface area contributed by atoms with Crippen molar-refractivity contribution in [2.45, 2.75) is 9.79 Å². The van der Waals surface area contributed by atoms with Crippen molar-refractivity contribution in [1.82, 2.24) is 0 Å². The summed E-state index contributed by atoms with van der Waals surface area (Å²) < 4.78 is 23.8. The molecule has 8 heteroatoms. The monoisotopic (exact) mass is 321 g/mol. The van der Waals surface area contributed by atoms with Crippen LogP contribution in [0.4, 0.5) is 5.69 Å². The predicted molar refractivity (Wildman–Crippen MR) is 79.0 cm³/mol. The Labute approximate surface area is 122 Å². The molecular weight excluding hydrogens is 302 g/mol. The average Bonchev–Trinajstić information content (AvgIpc) is 2.43. The van der Waals surface area contributed by atoms with Crippen molar-refractivity contribution in [1.29, 1.82) is 0 Å². The smallest absolute Gasteiger partial charge is 0.180 e. The van der Waals surface area contributed by atoms with Crippen LogP contribution in [0.15, 0.2) is 28.0 Å². The SMILES string of the molecule is O=S(=O)(CCO)c1ccc(NCCO)c(SCCO)c1. The molecule has 0 aromatic heterocycles. The van der Waals surface area contributed by atoms with Crippen LogP contribution in [0.2, 0.25) is 0 Å². The first-order chi connectivity index (χ1) is 9.55. The van der Waals surface area contributed by atoms with E-state index in [4.69, 9.17) is 15.3 Å². The van der Waals surface area contributed by atoms with Crippen molar-refractivity contribution in [3.8, 4) is 0 Å². The van der Waals surface area contributed by atoms with Crippen molar-refractivity contribution >= 4 is 27.3 Å². The summed E-state index contributed by atoms with van der Waals surface area (Å²) in [5.74, 6) is 0.123. The molecule has 6 nitrogen and oxygen atoms in total. The zero-order valence-corrected chi connectivity index (χ0v) is 12.6. The molecule has 0 saturated heterocycles. The third-order valence-electron chi connectivity index (χ3n) is 2.45. The molecule has 0 amide bonds. The lowest BCUT2D eigenvalue weighted by atomic mass is 10.3. The van der Waals surface area contributed by atoms with Gasteiger partial charge in [0.15, 0.2) is 9.84 Å². The summed E-state index contributed by atoms with van der Waals surface area (Å²) in [5.41, 5.74) is 0.709. The summed E-state index contributed by atoms with van der Waals surface area (Å²) in [7, 11) is -3.50. The van der Waals surface area contributed by atoms with Gasteiger partial charge in [-0.3, -0.25) is 0 Å². The number of rotatable bonds is 9. The Morgan fingerprint density at radius 3 is 2.45 bits per heavy atom. The number of benzene rings is 1. The fourth-order valence-corrected chi connectivity index (χ4v) is 3.49. The fourth-order valence-electron chi connectivity index (χ4n) is 1.55. The Morgan fingerprint density at radius 1 is 1.10 bits per heavy atom. The van der Waals surface area contributed by atoms with E-state index in [1.807, 2.05) is 0 Å². The summed E-state index contributed by atoms with van der Waals surface area (Å²) >= 11 is 1.32. The first-order valence-corrected chi connectivity index (χ1v) is 8.75. The number of sulfone groups is 1. The van der Waals surface area contributed by atoms with E-state index in [0.29, 0.717) is 22.9 Å². The highest BCUT2D eigenvalue weighted by Crippen LogP contribution is 2.30. The number of hydrogen-bond acceptors (Lipinski definition) is 7. The maximum atomic E-state index is 11.9. The van der Waals surface area contributed by atoms with E-state index < -0.39 is 16.4 Å². The number of anilines is 1. The van der Waals surface area contributed by atoms with Crippen LogP contribution in [0.5, 0.6) is 0 Å². The van der Waals surface area contributed by atoms with E-state index in [9.17, 15) is 8.42 Å². The molecule has 0 aliphatic carbocycles. The lowest BCUT2D eigenvalue weighted by Gasteiger charge is -2.12. The van der Waals surface area contributed by atoms with Crippen LogP contribution in [-0.2, 0) is 9.84 Å². The van der Waals surface area contributed by atoms with E-state index in [2.05, 4.69) is 5.32 Å². The second-order valence-electron chi connectivity index (χ2n) is 3.92. The Morgan fingerprint density at radius 2 is 1.85 bits per heavy atom. The minimum absolute atomic E-state index is 0.0161. The van der Waals surface area contributed by atoms with Gasteiger partial charge in [0, 0.05) is 22.9 Å². The molecule has 0 saturated carbocycles. The van der Waals surface area contributed by atoms with Crippen LogP contribution in [0, 0.1) is 0 Å². The van der Waals surface area contributed by atoms with Gasteiger partial charge in [-0.05, 0) is 18.2 Å². The van der Waals surface area contributed by atoms with Gasteiger partial charge in [-0.25, -0.2) is 8.42 Å². The van der Waals surface area contributed by atoms with Crippen LogP contribution >= 0.6 is 11.8 Å². The van der Waals surface area contributed by atoms with Gasteiger partial charge in [-0.15, -0.1) is 11.8 Å². The Hall–Kier alpha value is -0.800. The van der Waals surface area contributed by atoms with E-state index in [0.717, 1.165) is 0 Å². The molecule has 1 aromatic carbocycles. The number of thioether (sulfide) groups is 1. The summed E-state index contributed by atoms with van der Waals surface area (Å²) in [6.45, 7) is -0.117. The lowest BCUT2D eigenvalue weighted by Crippen LogP contribution is -2.11. The Balaban J connectivity index is 3.06. The van der Waals surface area contributed by atoms with Gasteiger partial charge >= 0.3 is 0 Å². The first kappa shape index (κ1) is 17.3. The normalized spacial score (nSPS) is 11.6. The molecule has 4 N–H and O–H groups in total. The zero-order valence-electron chi connectivity index (χ0n) is 10.9. The van der Waals surface area contributed by atoms with E-state index in [1.54, 1.807) is 6.07 Å². The standard InChI is InChI=1S/C12H19NO5S2/c14-4-3-13-11-2-1-10(20(17,18)8-6-16)9-12(11)19-7-5-15/h1-2,9,13-16H,3-8H2. The number of aliphatic hydroxyl groups is 3. The molecule has 114 valence electrons. The van der Waals surface area contributed by atoms with Gasteiger partial charge in [-0.1, -0.05) is 0 Å². The third-order valence-corrected chi connectivity index (χ3v) is 5.18. The predicted octanol–water partition coefficient (Wildman–Crippen LogP) is -0.0588. The van der Waals surface area contributed by atoms with Gasteiger partial charge < -0.3 is 20.6 Å². The lowest BCUT2D eigenvalue weighted by molar-refractivity contribution is 0.311. The molecule has 0 heterocycles. The van der Waals surface area contributed by atoms with Crippen molar-refractivity contribution in [2.24, 2.45) is 0 Å². The first-order valence-electron chi connectivity index (χ1n) is 6.11. The molecule has 20 heavy (non-hydrogen) atoms. The maximum Gasteiger partial charge on any atom is 0.180 e. The van der Waals surface area contributed by atoms with Crippen molar-refractivity contribution in [3.05, 3.63) is 18.2 Å². The van der Waals surface area contributed by atoms with Gasteiger partial charge in [-0.2, -0.15) is 0 Å². The number of hydrogen-bond donors (Lipinski definition) is 4. The highest BCUT2D eigenvalue weighted by Gasteiger charge is 2.16. The topological polar surface area (TPSA) is 107 Å². The fraction of sp³-hybridized carbons (Fsp3) is 0.500. The Bertz CT molecular complexity index is 519. The van der Waals surface area contributed by atoms with Crippen molar-refractivity contribution in [3.63, 3.8) is 0 Å². The zero-order chi connectivity index (χ0) is 15.0. The third kappa shape index (κ3) is 4.95. The molecule has 0 aliphatic rings. The average molecular weight is 321 g/mol. The minimum atomic E-state index is -3.50. The van der Waals surface area contributed by atoms with Gasteiger partial charge in [0.2, 0.25) is 0 Å². The van der Waals surface area contributed by atoms with Crippen LogP contribution in [0.1, 0.15) is 0 Å². The summed E-state index contributed by atoms with van der Waals surface area (Å²) in [6, 6.07) is 4.61. The van der Waals surface area contributed by atoms with Crippen LogP contribution in [0.25, 0.3) is 0 Å². The summed E-state index contributed by atoms with van der Waals surface area (Å²) in [4.78, 5) is 0.827. The molecule has 0 bridgehead atoms. The molecular formula is C12H19NO5S2. The van der Waals surface area contributed by atoms with Crippen LogP contribution < -0.4 is 5.32 Å². The summed E-state index contributed by atoms with van der Waals surface area (Å²) in [5, 5.41) is 29.5. The van der Waals surface area contributed by atoms with Crippen LogP contribution in [-0.4, -0.2) is 61.6 Å². The van der Waals surface area contributed by atoms with Gasteiger partial charge in [0.25, 0.3) is 0 Å². The van der Waals surface area contributed by atoms with Gasteiger partial charge in [0.05, 0.1) is 30.5 Å². The van der Waals surface area contributed by atoms with Crippen LogP contribution in [0.3, 0.4) is 0 Å². The largest absolute Gasteiger partial charge is 0.396 e. The highest BCUT2D eigenvalue weighted by molar-refractivity contribution is 7.99. The van der Waals surface area contributed by atoms with E-state index in [1.165, 1.54) is 23.9 Å². The maximum absolute atomic E-state index is 11.9. The summed E-state index contributed by atoms with van der Waals surface area (Å²) in [6.07, 6.45) is 0. The van der Waals surface area contributed by atoms with Crippen molar-refractivity contribution in [2.75, 3.05) is 43.2 Å². The second-order valence-corrected chi connectivity index (χ2v) is 7.17. The highest BCUT2D eigenvalue weighted by atomic mass is 32.2. The number of aliphatic hydroxyl groups excluding tert-OH is 3. The number of nitrogens with one attached hydrogen (secondary N) is 1. The second kappa shape index (κ2) is 8.48. The molecule has 0 radical (unpaired) electrons. The minimum Gasteiger partial charge on any atom is -0.396 e. The van der Waals surface area contributed by atoms with Crippen molar-refractivity contribution < 1.29 is 23.7 Å². The van der Waals surface area contributed by atoms with E-state index >= 15 is 0 Å². The Kier molecular flexibility index (Phi) is 7.31.